The molecule has 3 nitrogen and oxygen atoms in total. The monoisotopic (exact) mass is 130 g/mol. The molecule has 0 spiro atoms. The highest BCUT2D eigenvalue weighted by Crippen LogP contribution is 1.66. The molecule has 9 heavy (non-hydrogen) atoms. The van der Waals surface area contributed by atoms with Crippen molar-refractivity contribution in [1.29, 1.82) is 0 Å². The third-order valence-corrected chi connectivity index (χ3v) is 0.772. The second-order valence-corrected chi connectivity index (χ2v) is 1.49. The number of hydrogen-bond donors (Lipinski definition) is 1. The minimum Gasteiger partial charge on any atom is -0.302 e. The van der Waals surface area contributed by atoms with Gasteiger partial charge in [0.2, 0.25) is 0 Å². The zero-order chi connectivity index (χ0) is 6.95. The molecule has 0 amide bonds. The summed E-state index contributed by atoms with van der Waals surface area (Å²) in [4.78, 5) is 8.83. The van der Waals surface area contributed by atoms with E-state index >= 15 is 0 Å². The number of nitrogens with one attached hydrogen (secondary N) is 1. The predicted octanol–water partition coefficient (Wildman–Crippen LogP) is 0.618. The molecule has 0 rings (SSSR count). The molecule has 0 aliphatic carbocycles. The molecule has 0 saturated heterocycles. The van der Waals surface area contributed by atoms with Crippen LogP contribution in [0.25, 0.3) is 0 Å². The molecule has 3 heteroatoms. The highest BCUT2D eigenvalue weighted by Gasteiger charge is 1.79. The Morgan fingerprint density at radius 3 is 3.00 bits per heavy atom. The van der Waals surface area contributed by atoms with Gasteiger partial charge in [-0.1, -0.05) is 0 Å². The lowest BCUT2D eigenvalue weighted by Gasteiger charge is -1.98. The molecule has 0 aromatic carbocycles. The quantitative estimate of drug-likeness (QED) is 0.336. The summed E-state index contributed by atoms with van der Waals surface area (Å²) in [6, 6.07) is 0. The van der Waals surface area contributed by atoms with Gasteiger partial charge in [0.1, 0.15) is 0 Å². The molecule has 0 aromatic heterocycles. The van der Waals surface area contributed by atoms with Crippen LogP contribution in [-0.4, -0.2) is 25.9 Å². The van der Waals surface area contributed by atoms with Crippen molar-refractivity contribution >= 4 is 6.21 Å². The highest BCUT2D eigenvalue weighted by molar-refractivity contribution is 5.53. The Bertz CT molecular complexity index is 73.5. The van der Waals surface area contributed by atoms with E-state index in [0.29, 0.717) is 6.61 Å². The summed E-state index contributed by atoms with van der Waals surface area (Å²) in [6.45, 7) is 6.13. The molecule has 0 heterocycles. The number of rotatable bonds is 5. The van der Waals surface area contributed by atoms with Crippen molar-refractivity contribution in [3.8, 4) is 0 Å². The first-order valence-electron chi connectivity index (χ1n) is 3.21. The lowest BCUT2D eigenvalue weighted by Crippen LogP contribution is -2.17. The summed E-state index contributed by atoms with van der Waals surface area (Å²) in [5.74, 6) is 0. The van der Waals surface area contributed by atoms with Gasteiger partial charge in [0.25, 0.3) is 0 Å². The van der Waals surface area contributed by atoms with Gasteiger partial charge in [-0.15, -0.1) is 0 Å². The molecule has 0 fully saturated rings. The highest BCUT2D eigenvalue weighted by atomic mass is 16.6. The Balaban J connectivity index is 2.75. The predicted molar refractivity (Wildman–Crippen MR) is 38.7 cm³/mol. The van der Waals surface area contributed by atoms with E-state index in [2.05, 4.69) is 10.5 Å². The first-order valence-corrected chi connectivity index (χ1v) is 3.21. The lowest BCUT2D eigenvalue weighted by atomic mass is 10.7. The Kier molecular flexibility index (Phi) is 7.24. The fourth-order valence-electron chi connectivity index (χ4n) is 0.414. The van der Waals surface area contributed by atoms with Crippen LogP contribution in [0.5, 0.6) is 0 Å². The molecule has 0 aromatic rings. The van der Waals surface area contributed by atoms with Crippen molar-refractivity contribution < 1.29 is 4.84 Å². The van der Waals surface area contributed by atoms with Gasteiger partial charge < -0.3 is 4.84 Å². The topological polar surface area (TPSA) is 33.6 Å². The fraction of sp³-hybridized carbons (Fsp3) is 0.833. The maximum atomic E-state index is 4.86. The molecule has 0 radical (unpaired) electrons. The van der Waals surface area contributed by atoms with Crippen LogP contribution in [0.3, 0.4) is 0 Å². The van der Waals surface area contributed by atoms with Crippen molar-refractivity contribution in [2.45, 2.75) is 13.8 Å². The minimum atomic E-state index is 0.704. The van der Waals surface area contributed by atoms with E-state index in [-0.39, 0.29) is 0 Å². The van der Waals surface area contributed by atoms with Crippen LogP contribution in [0.4, 0.5) is 0 Å². The van der Waals surface area contributed by atoms with E-state index in [4.69, 9.17) is 4.84 Å². The van der Waals surface area contributed by atoms with Gasteiger partial charge >= 0.3 is 0 Å². The zero-order valence-corrected chi connectivity index (χ0v) is 6.05. The van der Waals surface area contributed by atoms with Crippen LogP contribution in [0.15, 0.2) is 4.99 Å². The van der Waals surface area contributed by atoms with Crippen LogP contribution >= 0.6 is 0 Å². The second kappa shape index (κ2) is 7.59. The average Bonchev–Trinajstić information content (AvgIpc) is 1.89. The second-order valence-electron chi connectivity index (χ2n) is 1.49. The van der Waals surface area contributed by atoms with Gasteiger partial charge in [-0.25, -0.2) is 5.48 Å². The Hall–Kier alpha value is -0.410. The van der Waals surface area contributed by atoms with Gasteiger partial charge in [-0.2, -0.15) is 0 Å². The van der Waals surface area contributed by atoms with Crippen molar-refractivity contribution in [1.82, 2.24) is 5.48 Å². The van der Waals surface area contributed by atoms with E-state index in [0.717, 1.165) is 13.1 Å². The van der Waals surface area contributed by atoms with E-state index < -0.39 is 0 Å². The molecule has 0 atom stereocenters. The standard InChI is InChI=1S/C6H14N2O/c1-3-7-5-6-8-9-4-2/h3,8H,4-6H2,1-2H3. The van der Waals surface area contributed by atoms with Gasteiger partial charge in [0.15, 0.2) is 0 Å². The normalized spacial score (nSPS) is 10.9. The number of nitrogens with zero attached hydrogens (tertiary/aromatic N) is 1. The SMILES string of the molecule is CC=NCCNOCC. The minimum absolute atomic E-state index is 0.704. The molecule has 1 N–H and O–H groups in total. The summed E-state index contributed by atoms with van der Waals surface area (Å²) >= 11 is 0. The lowest BCUT2D eigenvalue weighted by molar-refractivity contribution is 0.0533. The van der Waals surface area contributed by atoms with E-state index in [1.54, 1.807) is 6.21 Å². The van der Waals surface area contributed by atoms with Gasteiger partial charge in [-0.05, 0) is 20.1 Å². The van der Waals surface area contributed by atoms with Crippen LogP contribution in [0, 0.1) is 0 Å². The largest absolute Gasteiger partial charge is 0.302 e. The molecule has 54 valence electrons. The van der Waals surface area contributed by atoms with E-state index in [1.807, 2.05) is 13.8 Å². The molecule has 0 bridgehead atoms. The maximum Gasteiger partial charge on any atom is 0.0653 e. The summed E-state index contributed by atoms with van der Waals surface area (Å²) in [5.41, 5.74) is 2.76. The van der Waals surface area contributed by atoms with Gasteiger partial charge in [0.05, 0.1) is 13.2 Å². The molecule has 0 unspecified atom stereocenters. The van der Waals surface area contributed by atoms with Gasteiger partial charge in [0, 0.05) is 6.54 Å². The van der Waals surface area contributed by atoms with Crippen LogP contribution in [0.2, 0.25) is 0 Å². The first-order chi connectivity index (χ1) is 4.41. The van der Waals surface area contributed by atoms with E-state index in [1.165, 1.54) is 0 Å². The smallest absolute Gasteiger partial charge is 0.0653 e. The van der Waals surface area contributed by atoms with Crippen molar-refractivity contribution in [3.05, 3.63) is 0 Å². The first kappa shape index (κ1) is 8.59. The molecule has 0 aliphatic heterocycles. The summed E-state index contributed by atoms with van der Waals surface area (Å²) < 4.78 is 0. The van der Waals surface area contributed by atoms with Crippen LogP contribution < -0.4 is 5.48 Å². The molecule has 0 aliphatic rings. The van der Waals surface area contributed by atoms with Crippen molar-refractivity contribution in [2.75, 3.05) is 19.7 Å². The number of hydroxylamine groups is 1. The van der Waals surface area contributed by atoms with Crippen molar-refractivity contribution in [2.24, 2.45) is 4.99 Å². The van der Waals surface area contributed by atoms with E-state index in [9.17, 15) is 0 Å². The number of hydrogen-bond acceptors (Lipinski definition) is 3. The van der Waals surface area contributed by atoms with Crippen LogP contribution in [0.1, 0.15) is 13.8 Å². The Labute approximate surface area is 56.1 Å². The molecule has 0 saturated carbocycles. The summed E-state index contributed by atoms with van der Waals surface area (Å²) in [5, 5.41) is 0. The molecular weight excluding hydrogens is 116 g/mol. The van der Waals surface area contributed by atoms with Crippen molar-refractivity contribution in [3.63, 3.8) is 0 Å². The Morgan fingerprint density at radius 2 is 2.44 bits per heavy atom. The Morgan fingerprint density at radius 1 is 1.67 bits per heavy atom. The van der Waals surface area contributed by atoms with Crippen LogP contribution in [-0.2, 0) is 4.84 Å². The molecular formula is C6H14N2O. The van der Waals surface area contributed by atoms with Gasteiger partial charge in [-0.3, -0.25) is 4.99 Å². The fourth-order valence-corrected chi connectivity index (χ4v) is 0.414. The third kappa shape index (κ3) is 7.59. The summed E-state index contributed by atoms with van der Waals surface area (Å²) in [6.07, 6.45) is 1.79. The zero-order valence-electron chi connectivity index (χ0n) is 6.05. The number of aliphatic imine (C=N–C) groups is 1. The maximum absolute atomic E-state index is 4.86. The summed E-state index contributed by atoms with van der Waals surface area (Å²) in [7, 11) is 0. The average molecular weight is 130 g/mol. The third-order valence-electron chi connectivity index (χ3n) is 0.772.